The van der Waals surface area contributed by atoms with Crippen molar-refractivity contribution in [2.24, 2.45) is 11.8 Å². The highest BCUT2D eigenvalue weighted by molar-refractivity contribution is 5.88. The molecule has 5 rings (SSSR count). The van der Waals surface area contributed by atoms with Gasteiger partial charge in [-0.25, -0.2) is 14.8 Å². The Hall–Kier alpha value is -5.96. The Morgan fingerprint density at radius 3 is 2.30 bits per heavy atom. The molecule has 2 aromatic carbocycles. The maximum absolute atomic E-state index is 13.7. The molecule has 15 heteroatoms. The molecule has 4 amide bonds. The summed E-state index contributed by atoms with van der Waals surface area (Å²) in [5.74, 6) is 1.31. The molecular weight excluding hydrogens is 801 g/mol. The molecule has 5 N–H and O–H groups in total. The van der Waals surface area contributed by atoms with Gasteiger partial charge in [-0.15, -0.1) is 0 Å². The van der Waals surface area contributed by atoms with Crippen LogP contribution in [0.5, 0.6) is 5.75 Å². The quantitative estimate of drug-likeness (QED) is 0.0391. The number of likely N-dealkylation sites (tertiary alicyclic amines) is 1. The van der Waals surface area contributed by atoms with E-state index in [0.29, 0.717) is 31.3 Å². The van der Waals surface area contributed by atoms with Gasteiger partial charge in [-0.05, 0) is 85.6 Å². The molecule has 0 aliphatic carbocycles. The van der Waals surface area contributed by atoms with Crippen molar-refractivity contribution < 1.29 is 33.8 Å². The average Bonchev–Trinajstić information content (AvgIpc) is 4.07. The number of hydrogen-bond acceptors (Lipinski definition) is 9. The number of carbonyl (C=O) groups excluding carboxylic acids is 4. The van der Waals surface area contributed by atoms with Crippen LogP contribution in [-0.4, -0.2) is 104 Å². The summed E-state index contributed by atoms with van der Waals surface area (Å²) in [4.78, 5) is 71.0. The highest BCUT2D eigenvalue weighted by Crippen LogP contribution is 2.36. The molecule has 0 bridgehead atoms. The van der Waals surface area contributed by atoms with Crippen LogP contribution in [0.25, 0.3) is 33.6 Å². The smallest absolute Gasteiger partial charge is 0.407 e. The predicted molar refractivity (Wildman–Crippen MR) is 243 cm³/mol. The number of carbonyl (C=O) groups is 4. The molecule has 0 spiro atoms. The number of aliphatic hydroxyl groups excluding tert-OH is 1. The van der Waals surface area contributed by atoms with E-state index in [1.54, 1.807) is 23.4 Å². The second-order valence-electron chi connectivity index (χ2n) is 16.8. The van der Waals surface area contributed by atoms with Gasteiger partial charge in [0.1, 0.15) is 29.5 Å². The first-order chi connectivity index (χ1) is 30.3. The molecular formula is C48H66N8O7. The highest BCUT2D eigenvalue weighted by Gasteiger charge is 2.37. The minimum absolute atomic E-state index is 0.0465. The van der Waals surface area contributed by atoms with E-state index in [0.717, 1.165) is 84.4 Å². The zero-order valence-electron chi connectivity index (χ0n) is 37.9. The molecule has 0 saturated carbocycles. The van der Waals surface area contributed by atoms with Gasteiger partial charge in [-0.1, -0.05) is 77.1 Å². The van der Waals surface area contributed by atoms with Crippen molar-refractivity contribution in [3.63, 3.8) is 0 Å². The summed E-state index contributed by atoms with van der Waals surface area (Å²) < 4.78 is 11.3. The number of unbranched alkanes of at least 4 members (excludes halogenated alkanes) is 3. The maximum Gasteiger partial charge on any atom is 0.407 e. The van der Waals surface area contributed by atoms with Crippen molar-refractivity contribution in [3.05, 3.63) is 78.7 Å². The lowest BCUT2D eigenvalue weighted by Gasteiger charge is -2.30. The number of hydrogen-bond donors (Lipinski definition) is 5. The van der Waals surface area contributed by atoms with Crippen molar-refractivity contribution in [3.8, 4) is 39.4 Å². The fraction of sp³-hybridized carbons (Fsp3) is 0.500. The maximum atomic E-state index is 13.7. The summed E-state index contributed by atoms with van der Waals surface area (Å²) in [6.45, 7) is 13.0. The second kappa shape index (κ2) is 23.5. The Morgan fingerprint density at radius 1 is 0.905 bits per heavy atom. The summed E-state index contributed by atoms with van der Waals surface area (Å²) in [7, 11) is 1.28. The molecule has 0 radical (unpaired) electrons. The SMILES string of the molecule is CCCN(Cc1ncc(-c2ccc(-c3ccc(-c4cnc(C5CCCN5C(=O)C(NC(C)=O)C(C)C)[nH]4)cc3)cc2OCCCCC/C=C/CO)[nH]1)C(=O)C(NC(=O)OC)C(C)C. The largest absolute Gasteiger partial charge is 0.493 e. The van der Waals surface area contributed by atoms with Crippen molar-refractivity contribution in [2.45, 2.75) is 111 Å². The van der Waals surface area contributed by atoms with Gasteiger partial charge < -0.3 is 45.0 Å². The van der Waals surface area contributed by atoms with Crippen molar-refractivity contribution in [1.29, 1.82) is 0 Å². The molecule has 1 aliphatic heterocycles. The number of amides is 4. The molecule has 63 heavy (non-hydrogen) atoms. The topological polar surface area (TPSA) is 195 Å². The summed E-state index contributed by atoms with van der Waals surface area (Å²) in [5, 5.41) is 14.6. The first-order valence-electron chi connectivity index (χ1n) is 22.3. The van der Waals surface area contributed by atoms with Crippen LogP contribution in [0.4, 0.5) is 4.79 Å². The van der Waals surface area contributed by atoms with Gasteiger partial charge in [0, 0.05) is 25.6 Å². The van der Waals surface area contributed by atoms with Crippen molar-refractivity contribution >= 4 is 23.8 Å². The van der Waals surface area contributed by atoms with Gasteiger partial charge in [0.2, 0.25) is 17.7 Å². The molecule has 1 aliphatic rings. The molecule has 1 fully saturated rings. The van der Waals surface area contributed by atoms with Crippen LogP contribution >= 0.6 is 0 Å². The van der Waals surface area contributed by atoms with E-state index in [4.69, 9.17) is 19.6 Å². The number of aromatic nitrogens is 4. The lowest BCUT2D eigenvalue weighted by molar-refractivity contribution is -0.138. The van der Waals surface area contributed by atoms with Crippen LogP contribution in [0.15, 0.2) is 67.0 Å². The van der Waals surface area contributed by atoms with Gasteiger partial charge in [0.25, 0.3) is 0 Å². The van der Waals surface area contributed by atoms with E-state index in [-0.39, 0.29) is 48.8 Å². The van der Waals surface area contributed by atoms with E-state index in [1.165, 1.54) is 14.0 Å². The Kier molecular flexibility index (Phi) is 17.9. The number of benzene rings is 2. The predicted octanol–water partition coefficient (Wildman–Crippen LogP) is 7.56. The number of aromatic amines is 2. The van der Waals surface area contributed by atoms with Crippen LogP contribution in [0.1, 0.15) is 104 Å². The van der Waals surface area contributed by atoms with E-state index in [1.807, 2.05) is 69.9 Å². The normalized spacial score (nSPS) is 14.9. The van der Waals surface area contributed by atoms with Gasteiger partial charge in [0.15, 0.2) is 0 Å². The monoisotopic (exact) mass is 867 g/mol. The summed E-state index contributed by atoms with van der Waals surface area (Å²) >= 11 is 0. The molecule has 4 aromatic rings. The molecule has 340 valence electrons. The Bertz CT molecular complexity index is 2140. The number of nitrogens with zero attached hydrogens (tertiary/aromatic N) is 4. The number of alkyl carbamates (subject to hydrolysis) is 1. The minimum atomic E-state index is -0.747. The number of methoxy groups -OCH3 is 1. The van der Waals surface area contributed by atoms with Gasteiger partial charge in [0.05, 0.1) is 56.7 Å². The zero-order valence-corrected chi connectivity index (χ0v) is 37.9. The number of imidazole rings is 2. The molecule has 15 nitrogen and oxygen atoms in total. The van der Waals surface area contributed by atoms with Crippen molar-refractivity contribution in [2.75, 3.05) is 33.4 Å². The fourth-order valence-electron chi connectivity index (χ4n) is 7.87. The van der Waals surface area contributed by atoms with E-state index in [2.05, 4.69) is 43.8 Å². The lowest BCUT2D eigenvalue weighted by atomic mass is 10.00. The molecule has 2 aromatic heterocycles. The van der Waals surface area contributed by atoms with Crippen LogP contribution in [0.3, 0.4) is 0 Å². The number of rotatable bonds is 22. The molecule has 3 atom stereocenters. The van der Waals surface area contributed by atoms with Crippen LogP contribution < -0.4 is 15.4 Å². The Morgan fingerprint density at radius 2 is 1.62 bits per heavy atom. The summed E-state index contributed by atoms with van der Waals surface area (Å²) in [5.41, 5.74) is 5.35. The van der Waals surface area contributed by atoms with Gasteiger partial charge in [-0.3, -0.25) is 14.4 Å². The summed E-state index contributed by atoms with van der Waals surface area (Å²) in [6.07, 6.45) is 12.8. The van der Waals surface area contributed by atoms with Crippen molar-refractivity contribution in [1.82, 2.24) is 40.4 Å². The number of nitrogens with one attached hydrogen (secondary N) is 4. The molecule has 3 unspecified atom stereocenters. The number of H-pyrrole nitrogens is 2. The lowest BCUT2D eigenvalue weighted by Crippen LogP contribution is -2.51. The first-order valence-corrected chi connectivity index (χ1v) is 22.3. The molecule has 3 heterocycles. The van der Waals surface area contributed by atoms with Crippen LogP contribution in [0.2, 0.25) is 0 Å². The van der Waals surface area contributed by atoms with Gasteiger partial charge >= 0.3 is 6.09 Å². The third-order valence-corrected chi connectivity index (χ3v) is 11.2. The number of aliphatic hydroxyl groups is 1. The third kappa shape index (κ3) is 13.0. The minimum Gasteiger partial charge on any atom is -0.493 e. The van der Waals surface area contributed by atoms with E-state index in [9.17, 15) is 19.2 Å². The van der Waals surface area contributed by atoms with E-state index >= 15 is 0 Å². The zero-order chi connectivity index (χ0) is 45.5. The van der Waals surface area contributed by atoms with Crippen LogP contribution in [-0.2, 0) is 25.7 Å². The Balaban J connectivity index is 1.35. The summed E-state index contributed by atoms with van der Waals surface area (Å²) in [6, 6.07) is 12.8. The Labute approximate surface area is 371 Å². The highest BCUT2D eigenvalue weighted by atomic mass is 16.5. The third-order valence-electron chi connectivity index (χ3n) is 11.2. The second-order valence-corrected chi connectivity index (χ2v) is 16.8. The standard InChI is InChI=1S/C48H66N8O7/c1-8-23-55(46(59)43(31(2)3)54-48(61)62-7)30-42-49-29-39(52-42)37-22-21-36(27-41(37)63-26-14-12-10-9-11-13-25-57)34-17-19-35(20-18-34)38-28-50-45(53-38)40-16-15-24-56(40)47(60)44(32(4)5)51-33(6)58/h11,13,17-22,27-29,31-32,40,43-44,57H,8-10,12,14-16,23-26,30H2,1-7H3,(H,49,52)(H,50,53)(H,51,58)(H,54,61)/b13-11+. The average molecular weight is 867 g/mol. The fourth-order valence-corrected chi connectivity index (χ4v) is 7.87. The van der Waals surface area contributed by atoms with Crippen LogP contribution in [0, 0.1) is 11.8 Å². The molecule has 1 saturated heterocycles. The van der Waals surface area contributed by atoms with E-state index < -0.39 is 18.2 Å². The van der Waals surface area contributed by atoms with Gasteiger partial charge in [-0.2, -0.15) is 0 Å². The first kappa shape index (κ1) is 48.1. The number of ether oxygens (including phenoxy) is 2. The number of allylic oxidation sites excluding steroid dienone is 1.